The van der Waals surface area contributed by atoms with Crippen LogP contribution in [0.4, 0.5) is 13.2 Å². The monoisotopic (exact) mass is 541 g/mol. The standard InChI is InChI=1S/C29H26F3NO6/c1-38-22-10-6-9-20(15-22)24-23(26(35)39-2)17-28(27(36)37,16-18-7-4-3-5-8-18)33(24)25(34)19-11-13-21(14-12-19)29(30,31)32/h3-15,23-24H,16-17H2,1-2H3,(H,36,37). The first-order chi connectivity index (χ1) is 18.5. The fourth-order valence-electron chi connectivity index (χ4n) is 5.21. The fraction of sp³-hybridized carbons (Fsp3) is 0.276. The molecule has 1 aliphatic heterocycles. The van der Waals surface area contributed by atoms with Crippen molar-refractivity contribution in [3.63, 3.8) is 0 Å². The van der Waals surface area contributed by atoms with Gasteiger partial charge in [-0.15, -0.1) is 0 Å². The maximum Gasteiger partial charge on any atom is 0.416 e. The minimum absolute atomic E-state index is 0.149. The lowest BCUT2D eigenvalue weighted by Crippen LogP contribution is -2.55. The van der Waals surface area contributed by atoms with Gasteiger partial charge >= 0.3 is 18.1 Å². The maximum absolute atomic E-state index is 14.1. The summed E-state index contributed by atoms with van der Waals surface area (Å²) in [7, 11) is 2.61. The summed E-state index contributed by atoms with van der Waals surface area (Å²) in [5, 5.41) is 10.7. The van der Waals surface area contributed by atoms with Crippen LogP contribution in [0.1, 0.15) is 39.5 Å². The summed E-state index contributed by atoms with van der Waals surface area (Å²) in [6.45, 7) is 0. The molecule has 4 rings (SSSR count). The van der Waals surface area contributed by atoms with Gasteiger partial charge in [0, 0.05) is 12.0 Å². The number of likely N-dealkylation sites (tertiary alicyclic amines) is 1. The summed E-state index contributed by atoms with van der Waals surface area (Å²) in [5.41, 5.74) is -2.01. The Morgan fingerprint density at radius 1 is 0.974 bits per heavy atom. The zero-order valence-electron chi connectivity index (χ0n) is 21.1. The van der Waals surface area contributed by atoms with E-state index in [0.717, 1.165) is 29.2 Å². The molecule has 0 saturated carbocycles. The highest BCUT2D eigenvalue weighted by Gasteiger charge is 2.61. The van der Waals surface area contributed by atoms with Gasteiger partial charge in [-0.05, 0) is 53.9 Å². The Kier molecular flexibility index (Phi) is 7.67. The lowest BCUT2D eigenvalue weighted by molar-refractivity contribution is -0.149. The Bertz CT molecular complexity index is 1360. The first kappa shape index (κ1) is 27.7. The number of aliphatic carboxylic acids is 1. The van der Waals surface area contributed by atoms with Crippen LogP contribution in [0.15, 0.2) is 78.9 Å². The summed E-state index contributed by atoms with van der Waals surface area (Å²) < 4.78 is 49.9. The molecule has 3 atom stereocenters. The molecule has 0 spiro atoms. The number of hydrogen-bond donors (Lipinski definition) is 1. The van der Waals surface area contributed by atoms with Crippen LogP contribution >= 0.6 is 0 Å². The predicted molar refractivity (Wildman–Crippen MR) is 134 cm³/mol. The molecule has 0 bridgehead atoms. The van der Waals surface area contributed by atoms with Gasteiger partial charge in [0.15, 0.2) is 0 Å². The molecule has 7 nitrogen and oxygen atoms in total. The van der Waals surface area contributed by atoms with Gasteiger partial charge in [0.05, 0.1) is 31.7 Å². The fourth-order valence-corrected chi connectivity index (χ4v) is 5.21. The van der Waals surface area contributed by atoms with Gasteiger partial charge in [-0.1, -0.05) is 42.5 Å². The van der Waals surface area contributed by atoms with Crippen molar-refractivity contribution in [2.45, 2.75) is 30.6 Å². The highest BCUT2D eigenvalue weighted by atomic mass is 19.4. The average Bonchev–Trinajstić information content (AvgIpc) is 3.28. The molecule has 3 unspecified atom stereocenters. The van der Waals surface area contributed by atoms with E-state index in [2.05, 4.69) is 0 Å². The topological polar surface area (TPSA) is 93.1 Å². The van der Waals surface area contributed by atoms with Gasteiger partial charge in [0.2, 0.25) is 0 Å². The predicted octanol–water partition coefficient (Wildman–Crippen LogP) is 5.16. The molecule has 0 aliphatic carbocycles. The van der Waals surface area contributed by atoms with Crippen LogP contribution in [0.25, 0.3) is 0 Å². The van der Waals surface area contributed by atoms with Crippen molar-refractivity contribution >= 4 is 17.8 Å². The third kappa shape index (κ3) is 5.32. The van der Waals surface area contributed by atoms with Crippen molar-refractivity contribution in [1.82, 2.24) is 4.90 Å². The summed E-state index contributed by atoms with van der Waals surface area (Å²) in [6, 6.07) is 17.6. The van der Waals surface area contributed by atoms with Crippen molar-refractivity contribution < 1.29 is 42.1 Å². The summed E-state index contributed by atoms with van der Waals surface area (Å²) in [6.07, 6.45) is -5.05. The largest absolute Gasteiger partial charge is 0.497 e. The highest BCUT2D eigenvalue weighted by Crippen LogP contribution is 2.50. The quantitative estimate of drug-likeness (QED) is 0.416. The van der Waals surface area contributed by atoms with E-state index in [4.69, 9.17) is 9.47 Å². The molecule has 1 heterocycles. The molecule has 204 valence electrons. The molecule has 0 radical (unpaired) electrons. The molecule has 3 aromatic rings. The van der Waals surface area contributed by atoms with E-state index < -0.39 is 47.1 Å². The van der Waals surface area contributed by atoms with Gasteiger partial charge in [-0.25, -0.2) is 4.79 Å². The summed E-state index contributed by atoms with van der Waals surface area (Å²) in [4.78, 5) is 41.4. The molecular formula is C29H26F3NO6. The normalized spacial score (nSPS) is 20.9. The number of halogens is 3. The second-order valence-corrected chi connectivity index (χ2v) is 9.30. The van der Waals surface area contributed by atoms with E-state index in [9.17, 15) is 32.7 Å². The SMILES string of the molecule is COC(=O)C1CC(Cc2ccccc2)(C(=O)O)N(C(=O)c2ccc(C(F)(F)F)cc2)C1c1cccc(OC)c1. The first-order valence-corrected chi connectivity index (χ1v) is 12.0. The number of carbonyl (C=O) groups is 3. The van der Waals surface area contributed by atoms with E-state index in [1.165, 1.54) is 14.2 Å². The molecular weight excluding hydrogens is 515 g/mol. The van der Waals surface area contributed by atoms with E-state index in [1.807, 2.05) is 0 Å². The molecule has 1 fully saturated rings. The van der Waals surface area contributed by atoms with Crippen LogP contribution in [0, 0.1) is 5.92 Å². The van der Waals surface area contributed by atoms with E-state index >= 15 is 0 Å². The van der Waals surface area contributed by atoms with Crippen LogP contribution < -0.4 is 4.74 Å². The van der Waals surface area contributed by atoms with Gasteiger partial charge in [-0.2, -0.15) is 13.2 Å². The Morgan fingerprint density at radius 2 is 1.64 bits per heavy atom. The number of hydrogen-bond acceptors (Lipinski definition) is 5. The molecule has 1 N–H and O–H groups in total. The molecule has 3 aromatic carbocycles. The van der Waals surface area contributed by atoms with Gasteiger partial charge in [0.25, 0.3) is 5.91 Å². The first-order valence-electron chi connectivity index (χ1n) is 12.0. The Labute approximate surface area is 222 Å². The van der Waals surface area contributed by atoms with E-state index in [0.29, 0.717) is 16.9 Å². The third-order valence-corrected chi connectivity index (χ3v) is 7.03. The smallest absolute Gasteiger partial charge is 0.416 e. The lowest BCUT2D eigenvalue weighted by Gasteiger charge is -2.38. The number of esters is 1. The van der Waals surface area contributed by atoms with E-state index in [-0.39, 0.29) is 18.4 Å². The molecule has 39 heavy (non-hydrogen) atoms. The van der Waals surface area contributed by atoms with Gasteiger partial charge in [0.1, 0.15) is 11.3 Å². The number of ether oxygens (including phenoxy) is 2. The number of methoxy groups -OCH3 is 2. The lowest BCUT2D eigenvalue weighted by atomic mass is 9.84. The van der Waals surface area contributed by atoms with Crippen LogP contribution in [0.3, 0.4) is 0 Å². The number of rotatable bonds is 7. The van der Waals surface area contributed by atoms with Crippen molar-refractivity contribution in [2.24, 2.45) is 5.92 Å². The van der Waals surface area contributed by atoms with Crippen molar-refractivity contribution in [2.75, 3.05) is 14.2 Å². The highest BCUT2D eigenvalue weighted by molar-refractivity contribution is 6.00. The number of benzene rings is 3. The molecule has 0 aromatic heterocycles. The van der Waals surface area contributed by atoms with Crippen molar-refractivity contribution in [1.29, 1.82) is 0 Å². The second kappa shape index (κ2) is 10.8. The van der Waals surface area contributed by atoms with Gasteiger partial charge in [-0.3, -0.25) is 9.59 Å². The van der Waals surface area contributed by atoms with E-state index in [1.54, 1.807) is 54.6 Å². The van der Waals surface area contributed by atoms with Gasteiger partial charge < -0.3 is 19.5 Å². The minimum atomic E-state index is -4.62. The number of carboxylic acid groups (broad SMARTS) is 1. The Morgan fingerprint density at radius 3 is 2.21 bits per heavy atom. The summed E-state index contributed by atoms with van der Waals surface area (Å²) in [5.74, 6) is -3.58. The molecule has 1 aliphatic rings. The van der Waals surface area contributed by atoms with Crippen LogP contribution in [-0.4, -0.2) is 47.6 Å². The zero-order valence-corrected chi connectivity index (χ0v) is 21.1. The Balaban J connectivity index is 1.93. The minimum Gasteiger partial charge on any atom is -0.497 e. The number of amides is 1. The molecule has 10 heteroatoms. The molecule has 1 amide bonds. The van der Waals surface area contributed by atoms with Crippen molar-refractivity contribution in [3.05, 3.63) is 101 Å². The number of carboxylic acids is 1. The zero-order chi connectivity index (χ0) is 28.4. The third-order valence-electron chi connectivity index (χ3n) is 7.03. The van der Waals surface area contributed by atoms with Crippen LogP contribution in [-0.2, 0) is 26.9 Å². The average molecular weight is 542 g/mol. The van der Waals surface area contributed by atoms with Crippen LogP contribution in [0.5, 0.6) is 5.75 Å². The summed E-state index contributed by atoms with van der Waals surface area (Å²) >= 11 is 0. The molecule has 1 saturated heterocycles. The number of alkyl halides is 3. The second-order valence-electron chi connectivity index (χ2n) is 9.30. The van der Waals surface area contributed by atoms with Crippen LogP contribution in [0.2, 0.25) is 0 Å². The maximum atomic E-state index is 14.1. The number of carbonyl (C=O) groups excluding carboxylic acids is 2. The number of nitrogens with zero attached hydrogens (tertiary/aromatic N) is 1. The Hall–Kier alpha value is -4.34. The van der Waals surface area contributed by atoms with Crippen molar-refractivity contribution in [3.8, 4) is 5.75 Å².